The minimum Gasteiger partial charge on any atom is -0.394 e. The van der Waals surface area contributed by atoms with Crippen LogP contribution in [0.15, 0.2) is 0 Å². The van der Waals surface area contributed by atoms with Crippen LogP contribution in [0.4, 0.5) is 0 Å². The molecular formula is C25H51NO2. The lowest BCUT2D eigenvalue weighted by Crippen LogP contribution is -2.37. The molecule has 168 valence electrons. The second-order valence-corrected chi connectivity index (χ2v) is 9.12. The number of hydrogen-bond acceptors (Lipinski definition) is 2. The van der Waals surface area contributed by atoms with Crippen LogP contribution in [-0.4, -0.2) is 23.7 Å². The van der Waals surface area contributed by atoms with Gasteiger partial charge in [0, 0.05) is 6.42 Å². The molecule has 0 aliphatic rings. The topological polar surface area (TPSA) is 49.3 Å². The van der Waals surface area contributed by atoms with Crippen molar-refractivity contribution in [3.05, 3.63) is 0 Å². The average Bonchev–Trinajstić information content (AvgIpc) is 2.67. The normalized spacial score (nSPS) is 12.5. The van der Waals surface area contributed by atoms with E-state index in [1.165, 1.54) is 77.0 Å². The summed E-state index contributed by atoms with van der Waals surface area (Å²) >= 11 is 0. The number of hydrogen-bond donors (Lipinski definition) is 2. The van der Waals surface area contributed by atoms with E-state index in [0.29, 0.717) is 6.42 Å². The van der Waals surface area contributed by atoms with Crippen molar-refractivity contribution in [2.24, 2.45) is 5.92 Å². The molecule has 0 rings (SSSR count). The van der Waals surface area contributed by atoms with Gasteiger partial charge < -0.3 is 10.4 Å². The Morgan fingerprint density at radius 2 is 1.18 bits per heavy atom. The molecule has 0 saturated carbocycles. The number of aliphatic hydroxyl groups excluding tert-OH is 1. The van der Waals surface area contributed by atoms with Crippen LogP contribution < -0.4 is 5.32 Å². The fraction of sp³-hybridized carbons (Fsp3) is 0.960. The largest absolute Gasteiger partial charge is 0.394 e. The number of carbonyl (C=O) groups is 1. The van der Waals surface area contributed by atoms with Crippen molar-refractivity contribution >= 4 is 5.91 Å². The van der Waals surface area contributed by atoms with Crippen LogP contribution in [0.5, 0.6) is 0 Å². The van der Waals surface area contributed by atoms with E-state index in [2.05, 4.69) is 26.1 Å². The molecule has 0 aromatic rings. The molecule has 0 aromatic heterocycles. The summed E-state index contributed by atoms with van der Waals surface area (Å²) in [6.45, 7) is 6.83. The minimum absolute atomic E-state index is 0.0486. The van der Waals surface area contributed by atoms with Crippen molar-refractivity contribution in [1.29, 1.82) is 0 Å². The van der Waals surface area contributed by atoms with E-state index in [1.807, 2.05) is 0 Å². The fourth-order valence-corrected chi connectivity index (χ4v) is 3.74. The number of amides is 1. The molecule has 28 heavy (non-hydrogen) atoms. The first kappa shape index (κ1) is 27.4. The first-order valence-corrected chi connectivity index (χ1v) is 12.5. The Morgan fingerprint density at radius 1 is 0.714 bits per heavy atom. The maximum atomic E-state index is 11.9. The Hall–Kier alpha value is -0.570. The molecule has 0 aliphatic carbocycles. The van der Waals surface area contributed by atoms with Crippen LogP contribution in [0.2, 0.25) is 0 Å². The lowest BCUT2D eigenvalue weighted by Gasteiger charge is -2.15. The molecular weight excluding hydrogens is 346 g/mol. The molecule has 0 spiro atoms. The highest BCUT2D eigenvalue weighted by atomic mass is 16.3. The second-order valence-electron chi connectivity index (χ2n) is 9.12. The molecule has 0 aliphatic heterocycles. The molecule has 0 aromatic carbocycles. The Balaban J connectivity index is 3.27. The monoisotopic (exact) mass is 397 g/mol. The summed E-state index contributed by atoms with van der Waals surface area (Å²) in [5.74, 6) is 0.977. The maximum Gasteiger partial charge on any atom is 0.220 e. The van der Waals surface area contributed by atoms with Gasteiger partial charge in [-0.05, 0) is 18.8 Å². The second kappa shape index (κ2) is 21.1. The number of rotatable bonds is 21. The third kappa shape index (κ3) is 20.2. The van der Waals surface area contributed by atoms with Crippen molar-refractivity contribution in [3.8, 4) is 0 Å². The van der Waals surface area contributed by atoms with Crippen LogP contribution in [-0.2, 0) is 4.79 Å². The molecule has 0 heterocycles. The van der Waals surface area contributed by atoms with Crippen LogP contribution >= 0.6 is 0 Å². The summed E-state index contributed by atoms with van der Waals surface area (Å²) in [6, 6.07) is -0.0486. The quantitative estimate of drug-likeness (QED) is 0.202. The Labute approximate surface area is 176 Å². The molecule has 1 atom stereocenters. The van der Waals surface area contributed by atoms with Gasteiger partial charge in [0.05, 0.1) is 12.6 Å². The van der Waals surface area contributed by atoms with Gasteiger partial charge in [-0.1, -0.05) is 117 Å². The number of aliphatic hydroxyl groups is 1. The van der Waals surface area contributed by atoms with Crippen molar-refractivity contribution in [1.82, 2.24) is 5.32 Å². The molecule has 3 nitrogen and oxygen atoms in total. The summed E-state index contributed by atoms with van der Waals surface area (Å²) in [5, 5.41) is 12.3. The SMILES string of the molecule is CCCCC(CO)NC(=O)CCCCCCCCCCCCCCCC(C)C. The van der Waals surface area contributed by atoms with Gasteiger partial charge in [0.15, 0.2) is 0 Å². The molecule has 0 fully saturated rings. The summed E-state index contributed by atoms with van der Waals surface area (Å²) in [5.41, 5.74) is 0. The number of unbranched alkanes of at least 4 members (excludes halogenated alkanes) is 13. The van der Waals surface area contributed by atoms with Crippen LogP contribution in [0.3, 0.4) is 0 Å². The maximum absolute atomic E-state index is 11.9. The van der Waals surface area contributed by atoms with E-state index in [9.17, 15) is 9.90 Å². The highest BCUT2D eigenvalue weighted by molar-refractivity contribution is 5.76. The summed E-state index contributed by atoms with van der Waals surface area (Å²) in [7, 11) is 0. The molecule has 2 N–H and O–H groups in total. The summed E-state index contributed by atoms with van der Waals surface area (Å²) in [4.78, 5) is 11.9. The van der Waals surface area contributed by atoms with Crippen molar-refractivity contribution in [2.75, 3.05) is 6.61 Å². The predicted octanol–water partition coefficient (Wildman–Crippen LogP) is 7.16. The summed E-state index contributed by atoms with van der Waals surface area (Å²) in [6.07, 6.45) is 22.4. The molecule has 1 amide bonds. The van der Waals surface area contributed by atoms with Gasteiger partial charge in [0.2, 0.25) is 5.91 Å². The molecule has 0 radical (unpaired) electrons. The molecule has 0 bridgehead atoms. The van der Waals surface area contributed by atoms with Gasteiger partial charge >= 0.3 is 0 Å². The highest BCUT2D eigenvalue weighted by Crippen LogP contribution is 2.14. The van der Waals surface area contributed by atoms with Gasteiger partial charge in [0.1, 0.15) is 0 Å². The third-order valence-corrected chi connectivity index (χ3v) is 5.68. The van der Waals surface area contributed by atoms with E-state index in [-0.39, 0.29) is 18.6 Å². The molecule has 1 unspecified atom stereocenters. The van der Waals surface area contributed by atoms with E-state index in [4.69, 9.17) is 0 Å². The van der Waals surface area contributed by atoms with Crippen molar-refractivity contribution in [2.45, 2.75) is 142 Å². The standard InChI is InChI=1S/C25H51NO2/c1-4-5-20-24(22-27)26-25(28)21-18-16-14-12-10-8-6-7-9-11-13-15-17-19-23(2)3/h23-24,27H,4-22H2,1-3H3,(H,26,28). The van der Waals surface area contributed by atoms with Gasteiger partial charge in [-0.15, -0.1) is 0 Å². The zero-order valence-electron chi connectivity index (χ0n) is 19.4. The van der Waals surface area contributed by atoms with E-state index in [1.54, 1.807) is 0 Å². The number of nitrogens with one attached hydrogen (secondary N) is 1. The highest BCUT2D eigenvalue weighted by Gasteiger charge is 2.10. The Bertz CT molecular complexity index is 331. The average molecular weight is 398 g/mol. The van der Waals surface area contributed by atoms with Crippen LogP contribution in [0, 0.1) is 5.92 Å². The van der Waals surface area contributed by atoms with E-state index < -0.39 is 0 Å². The minimum atomic E-state index is -0.0486. The van der Waals surface area contributed by atoms with Crippen molar-refractivity contribution in [3.63, 3.8) is 0 Å². The fourth-order valence-electron chi connectivity index (χ4n) is 3.74. The predicted molar refractivity (Wildman–Crippen MR) is 123 cm³/mol. The van der Waals surface area contributed by atoms with Gasteiger partial charge in [-0.3, -0.25) is 4.79 Å². The van der Waals surface area contributed by atoms with Crippen LogP contribution in [0.1, 0.15) is 136 Å². The van der Waals surface area contributed by atoms with Crippen LogP contribution in [0.25, 0.3) is 0 Å². The zero-order chi connectivity index (χ0) is 20.9. The van der Waals surface area contributed by atoms with Gasteiger partial charge in [0.25, 0.3) is 0 Å². The molecule has 0 saturated heterocycles. The van der Waals surface area contributed by atoms with Gasteiger partial charge in [-0.25, -0.2) is 0 Å². The lowest BCUT2D eigenvalue weighted by molar-refractivity contribution is -0.122. The van der Waals surface area contributed by atoms with Crippen molar-refractivity contribution < 1.29 is 9.90 Å². The molecule has 3 heteroatoms. The zero-order valence-corrected chi connectivity index (χ0v) is 19.4. The summed E-state index contributed by atoms with van der Waals surface area (Å²) < 4.78 is 0. The first-order chi connectivity index (χ1) is 13.6. The van der Waals surface area contributed by atoms with E-state index >= 15 is 0 Å². The van der Waals surface area contributed by atoms with E-state index in [0.717, 1.165) is 38.0 Å². The first-order valence-electron chi connectivity index (χ1n) is 12.5. The Morgan fingerprint density at radius 3 is 1.61 bits per heavy atom. The third-order valence-electron chi connectivity index (χ3n) is 5.68. The van der Waals surface area contributed by atoms with Gasteiger partial charge in [-0.2, -0.15) is 0 Å². The number of carbonyl (C=O) groups excluding carboxylic acids is 1. The lowest BCUT2D eigenvalue weighted by atomic mass is 10.0. The smallest absolute Gasteiger partial charge is 0.220 e. The Kier molecular flexibility index (Phi) is 20.7.